The van der Waals surface area contributed by atoms with E-state index in [-0.39, 0.29) is 0 Å². The Morgan fingerprint density at radius 1 is 1.62 bits per heavy atom. The van der Waals surface area contributed by atoms with Crippen molar-refractivity contribution in [3.63, 3.8) is 0 Å². The van der Waals surface area contributed by atoms with Crippen LogP contribution in [-0.2, 0) is 9.53 Å². The van der Waals surface area contributed by atoms with Gasteiger partial charge in [-0.3, -0.25) is 4.90 Å². The number of hydrogen-bond acceptors (Lipinski definition) is 3. The van der Waals surface area contributed by atoms with Crippen LogP contribution in [0, 0.1) is 5.92 Å². The maximum atomic E-state index is 10.5. The molecule has 0 radical (unpaired) electrons. The van der Waals surface area contributed by atoms with Crippen LogP contribution in [0.5, 0.6) is 0 Å². The van der Waals surface area contributed by atoms with Gasteiger partial charge in [-0.1, -0.05) is 5.57 Å². The van der Waals surface area contributed by atoms with Crippen molar-refractivity contribution in [2.75, 3.05) is 33.4 Å². The summed E-state index contributed by atoms with van der Waals surface area (Å²) in [5, 5.41) is 8.63. The van der Waals surface area contributed by atoms with Crippen LogP contribution >= 0.6 is 0 Å². The summed E-state index contributed by atoms with van der Waals surface area (Å²) in [7, 11) is 1.73. The van der Waals surface area contributed by atoms with Crippen molar-refractivity contribution in [3.8, 4) is 0 Å². The molecule has 1 rings (SSSR count). The zero-order chi connectivity index (χ0) is 12.0. The molecule has 1 heterocycles. The average Bonchev–Trinajstić information content (AvgIpc) is 2.17. The Bertz CT molecular complexity index is 261. The Hall–Kier alpha value is -0.870. The van der Waals surface area contributed by atoms with Crippen LogP contribution in [0.15, 0.2) is 11.6 Å². The summed E-state index contributed by atoms with van der Waals surface area (Å²) >= 11 is 0. The Labute approximate surface area is 96.9 Å². The lowest BCUT2D eigenvalue weighted by Gasteiger charge is -2.32. The summed E-state index contributed by atoms with van der Waals surface area (Å²) in [4.78, 5) is 12.8. The molecule has 0 aromatic heterocycles. The van der Waals surface area contributed by atoms with Gasteiger partial charge in [-0.25, -0.2) is 4.79 Å². The van der Waals surface area contributed by atoms with E-state index < -0.39 is 5.97 Å². The minimum Gasteiger partial charge on any atom is -0.478 e. The Balaban J connectivity index is 2.39. The number of carboxylic acid groups (broad SMARTS) is 1. The maximum Gasteiger partial charge on any atom is 0.328 e. The summed E-state index contributed by atoms with van der Waals surface area (Å²) in [5.41, 5.74) is 0.908. The molecule has 1 N–H and O–H groups in total. The number of piperidine rings is 1. The molecule has 16 heavy (non-hydrogen) atoms. The number of carbonyl (C=O) groups is 1. The molecule has 0 spiro atoms. The van der Waals surface area contributed by atoms with Crippen molar-refractivity contribution in [1.82, 2.24) is 4.90 Å². The van der Waals surface area contributed by atoms with Crippen molar-refractivity contribution in [2.24, 2.45) is 5.92 Å². The van der Waals surface area contributed by atoms with Gasteiger partial charge < -0.3 is 9.84 Å². The van der Waals surface area contributed by atoms with Gasteiger partial charge in [0.1, 0.15) is 0 Å². The molecule has 1 saturated heterocycles. The molecular weight excluding hydrogens is 206 g/mol. The highest BCUT2D eigenvalue weighted by molar-refractivity contribution is 5.80. The molecule has 0 bridgehead atoms. The second-order valence-corrected chi connectivity index (χ2v) is 4.53. The standard InChI is InChI=1S/C12H21NO3/c1-10(6-12(14)15)7-13-5-3-4-11(8-13)9-16-2/h6,11H,3-5,7-9H2,1-2H3,(H,14,15). The molecule has 1 aliphatic rings. The van der Waals surface area contributed by atoms with Gasteiger partial charge in [0.2, 0.25) is 0 Å². The molecule has 0 saturated carbocycles. The Kier molecular flexibility index (Phi) is 5.49. The number of aliphatic carboxylic acids is 1. The molecule has 0 amide bonds. The molecule has 0 aromatic carbocycles. The summed E-state index contributed by atoms with van der Waals surface area (Å²) in [6.07, 6.45) is 3.68. The van der Waals surface area contributed by atoms with E-state index in [2.05, 4.69) is 4.90 Å². The molecule has 0 aromatic rings. The van der Waals surface area contributed by atoms with Gasteiger partial charge in [-0.2, -0.15) is 0 Å². The van der Waals surface area contributed by atoms with Gasteiger partial charge in [-0.15, -0.1) is 0 Å². The maximum absolute atomic E-state index is 10.5. The first-order valence-electron chi connectivity index (χ1n) is 5.73. The van der Waals surface area contributed by atoms with Crippen molar-refractivity contribution in [2.45, 2.75) is 19.8 Å². The van der Waals surface area contributed by atoms with Gasteiger partial charge in [0.25, 0.3) is 0 Å². The van der Waals surface area contributed by atoms with Crippen molar-refractivity contribution >= 4 is 5.97 Å². The largest absolute Gasteiger partial charge is 0.478 e. The number of nitrogens with zero attached hydrogens (tertiary/aromatic N) is 1. The molecule has 92 valence electrons. The van der Waals surface area contributed by atoms with Crippen molar-refractivity contribution in [3.05, 3.63) is 11.6 Å². The van der Waals surface area contributed by atoms with Crippen LogP contribution in [0.4, 0.5) is 0 Å². The van der Waals surface area contributed by atoms with Gasteiger partial charge >= 0.3 is 5.97 Å². The Morgan fingerprint density at radius 3 is 3.00 bits per heavy atom. The summed E-state index contributed by atoms with van der Waals surface area (Å²) in [5.74, 6) is -0.265. The van der Waals surface area contributed by atoms with Crippen molar-refractivity contribution < 1.29 is 14.6 Å². The lowest BCUT2D eigenvalue weighted by atomic mass is 9.98. The van der Waals surface area contributed by atoms with E-state index in [0.29, 0.717) is 5.92 Å². The number of ether oxygens (including phenoxy) is 1. The summed E-state index contributed by atoms with van der Waals surface area (Å²) in [6, 6.07) is 0. The lowest BCUT2D eigenvalue weighted by Crippen LogP contribution is -2.38. The molecule has 4 heteroatoms. The number of rotatable bonds is 5. The first-order valence-corrected chi connectivity index (χ1v) is 5.73. The fourth-order valence-electron chi connectivity index (χ4n) is 2.28. The molecule has 1 atom stereocenters. The van der Waals surface area contributed by atoms with Gasteiger partial charge in [0, 0.05) is 26.3 Å². The number of likely N-dealkylation sites (tertiary alicyclic amines) is 1. The molecule has 0 aliphatic carbocycles. The van der Waals surface area contributed by atoms with E-state index in [0.717, 1.165) is 31.8 Å². The third-order valence-electron chi connectivity index (χ3n) is 2.85. The van der Waals surface area contributed by atoms with E-state index in [9.17, 15) is 4.79 Å². The van der Waals surface area contributed by atoms with Gasteiger partial charge in [0.15, 0.2) is 0 Å². The molecule has 1 aliphatic heterocycles. The van der Waals surface area contributed by atoms with E-state index in [4.69, 9.17) is 9.84 Å². The highest BCUT2D eigenvalue weighted by Crippen LogP contribution is 2.17. The minimum absolute atomic E-state index is 0.594. The van der Waals surface area contributed by atoms with E-state index in [1.54, 1.807) is 7.11 Å². The SMILES string of the molecule is COCC1CCCN(CC(C)=CC(=O)O)C1. The summed E-state index contributed by atoms with van der Waals surface area (Å²) in [6.45, 7) is 5.50. The number of carboxylic acids is 1. The van der Waals surface area contributed by atoms with Crippen LogP contribution in [0.25, 0.3) is 0 Å². The molecule has 1 unspecified atom stereocenters. The molecular formula is C12H21NO3. The predicted molar refractivity (Wildman–Crippen MR) is 62.4 cm³/mol. The second-order valence-electron chi connectivity index (χ2n) is 4.53. The smallest absolute Gasteiger partial charge is 0.328 e. The molecule has 4 nitrogen and oxygen atoms in total. The fraction of sp³-hybridized carbons (Fsp3) is 0.750. The van der Waals surface area contributed by atoms with E-state index in [1.807, 2.05) is 6.92 Å². The van der Waals surface area contributed by atoms with Crippen LogP contribution in [0.3, 0.4) is 0 Å². The van der Waals surface area contributed by atoms with Crippen LogP contribution < -0.4 is 0 Å². The van der Waals surface area contributed by atoms with Crippen LogP contribution in [-0.4, -0.2) is 49.3 Å². The monoisotopic (exact) mass is 227 g/mol. The Morgan fingerprint density at radius 2 is 2.38 bits per heavy atom. The zero-order valence-electron chi connectivity index (χ0n) is 10.1. The van der Waals surface area contributed by atoms with Crippen LogP contribution in [0.2, 0.25) is 0 Å². The third kappa shape index (κ3) is 4.77. The van der Waals surface area contributed by atoms with Crippen LogP contribution in [0.1, 0.15) is 19.8 Å². The normalized spacial score (nSPS) is 23.4. The average molecular weight is 227 g/mol. The van der Waals surface area contributed by atoms with Gasteiger partial charge in [0.05, 0.1) is 6.61 Å². The lowest BCUT2D eigenvalue weighted by molar-refractivity contribution is -0.131. The summed E-state index contributed by atoms with van der Waals surface area (Å²) < 4.78 is 5.16. The highest BCUT2D eigenvalue weighted by atomic mass is 16.5. The predicted octanol–water partition coefficient (Wildman–Crippen LogP) is 1.38. The topological polar surface area (TPSA) is 49.8 Å². The molecule has 1 fully saturated rings. The van der Waals surface area contributed by atoms with E-state index in [1.165, 1.54) is 18.9 Å². The highest BCUT2D eigenvalue weighted by Gasteiger charge is 2.19. The van der Waals surface area contributed by atoms with Crippen molar-refractivity contribution in [1.29, 1.82) is 0 Å². The minimum atomic E-state index is -0.858. The zero-order valence-corrected chi connectivity index (χ0v) is 10.1. The van der Waals surface area contributed by atoms with Gasteiger partial charge in [-0.05, 0) is 32.2 Å². The second kappa shape index (κ2) is 6.66. The first kappa shape index (κ1) is 13.2. The number of methoxy groups -OCH3 is 1. The third-order valence-corrected chi connectivity index (χ3v) is 2.85. The first-order chi connectivity index (χ1) is 7.61. The fourth-order valence-corrected chi connectivity index (χ4v) is 2.28. The quantitative estimate of drug-likeness (QED) is 0.721. The van der Waals surface area contributed by atoms with E-state index >= 15 is 0 Å². The number of hydrogen-bond donors (Lipinski definition) is 1.